The highest BCUT2D eigenvalue weighted by atomic mass is 32.2. The summed E-state index contributed by atoms with van der Waals surface area (Å²) in [6.45, 7) is -0.123. The summed E-state index contributed by atoms with van der Waals surface area (Å²) in [5, 5.41) is 8.92. The van der Waals surface area contributed by atoms with Crippen LogP contribution in [0.3, 0.4) is 0 Å². The van der Waals surface area contributed by atoms with Crippen LogP contribution in [0.5, 0.6) is 0 Å². The molecule has 2 atom stereocenters. The Morgan fingerprint density at radius 1 is 1.21 bits per heavy atom. The van der Waals surface area contributed by atoms with Gasteiger partial charge in [-0.1, -0.05) is 18.9 Å². The number of hydrogen-bond donors (Lipinski definition) is 0. The van der Waals surface area contributed by atoms with Crippen molar-refractivity contribution in [3.63, 3.8) is 0 Å². The number of sulfonamides is 1. The third-order valence-electron chi connectivity index (χ3n) is 5.45. The van der Waals surface area contributed by atoms with Gasteiger partial charge in [0.25, 0.3) is 10.0 Å². The quantitative estimate of drug-likeness (QED) is 0.684. The van der Waals surface area contributed by atoms with Gasteiger partial charge in [0, 0.05) is 20.0 Å². The van der Waals surface area contributed by atoms with Crippen LogP contribution >= 0.6 is 0 Å². The van der Waals surface area contributed by atoms with Crippen LogP contribution in [0.4, 0.5) is 0 Å². The summed E-state index contributed by atoms with van der Waals surface area (Å²) >= 11 is 0. The number of imide groups is 1. The molecule has 3 rings (SSSR count). The van der Waals surface area contributed by atoms with E-state index in [9.17, 15) is 22.8 Å². The molecule has 1 heterocycles. The highest BCUT2D eigenvalue weighted by Crippen LogP contribution is 2.38. The Morgan fingerprint density at radius 2 is 1.82 bits per heavy atom. The summed E-state index contributed by atoms with van der Waals surface area (Å²) in [6.07, 6.45) is 2.92. The fourth-order valence-corrected chi connectivity index (χ4v) is 5.04. The highest BCUT2D eigenvalue weighted by Gasteiger charge is 2.48. The lowest BCUT2D eigenvalue weighted by molar-refractivity contribution is -0.140. The average molecular weight is 403 g/mol. The van der Waals surface area contributed by atoms with Crippen LogP contribution < -0.4 is 0 Å². The van der Waals surface area contributed by atoms with Crippen LogP contribution in [0.2, 0.25) is 0 Å². The van der Waals surface area contributed by atoms with E-state index in [0.717, 1.165) is 24.8 Å². The van der Waals surface area contributed by atoms with Crippen molar-refractivity contribution in [2.75, 3.05) is 13.6 Å². The van der Waals surface area contributed by atoms with Gasteiger partial charge >= 0.3 is 0 Å². The fraction of sp³-hybridized carbons (Fsp3) is 0.474. The zero-order chi connectivity index (χ0) is 20.5. The maximum atomic E-state index is 12.6. The van der Waals surface area contributed by atoms with Crippen molar-refractivity contribution in [3.8, 4) is 6.07 Å². The van der Waals surface area contributed by atoms with Crippen molar-refractivity contribution in [2.24, 2.45) is 11.8 Å². The number of nitrogens with zero attached hydrogens (tertiary/aromatic N) is 3. The minimum absolute atomic E-state index is 0.123. The maximum Gasteiger partial charge on any atom is 0.266 e. The van der Waals surface area contributed by atoms with Gasteiger partial charge in [-0.2, -0.15) is 5.26 Å². The molecule has 28 heavy (non-hydrogen) atoms. The molecule has 0 aromatic heterocycles. The van der Waals surface area contributed by atoms with Gasteiger partial charge in [0.05, 0.1) is 28.4 Å². The molecular weight excluding hydrogens is 382 g/mol. The molecule has 1 aromatic rings. The monoisotopic (exact) mass is 403 g/mol. The molecule has 1 aromatic carbocycles. The molecule has 1 aliphatic carbocycles. The molecule has 9 heteroatoms. The van der Waals surface area contributed by atoms with Crippen molar-refractivity contribution in [1.29, 1.82) is 5.26 Å². The first kappa shape index (κ1) is 20.0. The van der Waals surface area contributed by atoms with Gasteiger partial charge < -0.3 is 0 Å². The number of nitriles is 1. The summed E-state index contributed by atoms with van der Waals surface area (Å²) in [5.41, 5.74) is 0.165. The maximum absolute atomic E-state index is 12.6. The van der Waals surface area contributed by atoms with E-state index in [1.807, 2.05) is 6.07 Å². The Kier molecular flexibility index (Phi) is 5.52. The second kappa shape index (κ2) is 7.72. The van der Waals surface area contributed by atoms with Crippen LogP contribution in [-0.4, -0.2) is 48.9 Å². The summed E-state index contributed by atoms with van der Waals surface area (Å²) in [6, 6.07) is 7.24. The largest absolute Gasteiger partial charge is 0.282 e. The SMILES string of the molecule is CN(C(=O)CCN1C(=O)[C@@H]2CCCC[C@H]2C1=O)S(=O)(=O)c1cccc(C#N)c1. The van der Waals surface area contributed by atoms with Gasteiger partial charge in [0.2, 0.25) is 17.7 Å². The third-order valence-corrected chi connectivity index (χ3v) is 7.23. The first-order valence-corrected chi connectivity index (χ1v) is 10.6. The van der Waals surface area contributed by atoms with E-state index < -0.39 is 15.9 Å². The number of carbonyl (C=O) groups is 3. The van der Waals surface area contributed by atoms with Gasteiger partial charge in [-0.3, -0.25) is 19.3 Å². The first-order chi connectivity index (χ1) is 13.3. The topological polar surface area (TPSA) is 116 Å². The van der Waals surface area contributed by atoms with Crippen molar-refractivity contribution in [2.45, 2.75) is 37.0 Å². The minimum Gasteiger partial charge on any atom is -0.282 e. The van der Waals surface area contributed by atoms with Crippen molar-refractivity contribution in [1.82, 2.24) is 9.21 Å². The van der Waals surface area contributed by atoms with Crippen LogP contribution in [0, 0.1) is 23.2 Å². The van der Waals surface area contributed by atoms with E-state index in [2.05, 4.69) is 0 Å². The molecule has 0 bridgehead atoms. The van der Waals surface area contributed by atoms with E-state index in [1.165, 1.54) is 24.3 Å². The molecular formula is C19H21N3O5S. The van der Waals surface area contributed by atoms with E-state index in [1.54, 1.807) is 0 Å². The van der Waals surface area contributed by atoms with E-state index in [4.69, 9.17) is 5.26 Å². The van der Waals surface area contributed by atoms with Gasteiger partial charge in [-0.25, -0.2) is 12.7 Å². The lowest BCUT2D eigenvalue weighted by Crippen LogP contribution is -2.38. The summed E-state index contributed by atoms with van der Waals surface area (Å²) in [7, 11) is -2.99. The number of rotatable bonds is 5. The minimum atomic E-state index is -4.12. The van der Waals surface area contributed by atoms with E-state index >= 15 is 0 Å². The molecule has 0 N–H and O–H groups in total. The van der Waals surface area contributed by atoms with Crippen LogP contribution in [0.1, 0.15) is 37.7 Å². The van der Waals surface area contributed by atoms with Crippen molar-refractivity contribution >= 4 is 27.7 Å². The normalized spacial score (nSPS) is 21.9. The molecule has 0 unspecified atom stereocenters. The van der Waals surface area contributed by atoms with Crippen LogP contribution in [-0.2, 0) is 24.4 Å². The van der Waals surface area contributed by atoms with Gasteiger partial charge in [0.1, 0.15) is 0 Å². The molecule has 148 valence electrons. The standard InChI is InChI=1S/C19H21N3O5S/c1-21(28(26,27)14-6-4-5-13(11-14)12-20)17(23)9-10-22-18(24)15-7-2-3-8-16(15)19(22)25/h4-6,11,15-16H,2-3,7-10H2,1H3/t15-,16-/m1/s1. The van der Waals surface area contributed by atoms with Crippen LogP contribution in [0.15, 0.2) is 29.2 Å². The lowest BCUT2D eigenvalue weighted by atomic mass is 9.81. The third kappa shape index (κ3) is 3.52. The van der Waals surface area contributed by atoms with E-state index in [-0.39, 0.29) is 47.1 Å². The molecule has 1 saturated heterocycles. The second-order valence-electron chi connectivity index (χ2n) is 7.08. The summed E-state index contributed by atoms with van der Waals surface area (Å²) in [4.78, 5) is 38.3. The number of carbonyl (C=O) groups excluding carboxylic acids is 3. The Labute approximate surface area is 163 Å². The molecule has 2 fully saturated rings. The summed E-state index contributed by atoms with van der Waals surface area (Å²) < 4.78 is 25.8. The van der Waals surface area contributed by atoms with Gasteiger partial charge in [-0.15, -0.1) is 0 Å². The van der Waals surface area contributed by atoms with Crippen molar-refractivity contribution < 1.29 is 22.8 Å². The number of hydrogen-bond acceptors (Lipinski definition) is 6. The zero-order valence-electron chi connectivity index (χ0n) is 15.5. The number of likely N-dealkylation sites (tertiary alicyclic amines) is 1. The highest BCUT2D eigenvalue weighted by molar-refractivity contribution is 7.89. The Hall–Kier alpha value is -2.73. The molecule has 1 saturated carbocycles. The number of amides is 3. The van der Waals surface area contributed by atoms with Gasteiger partial charge in [0.15, 0.2) is 0 Å². The first-order valence-electron chi connectivity index (χ1n) is 9.14. The zero-order valence-corrected chi connectivity index (χ0v) is 16.3. The smallest absolute Gasteiger partial charge is 0.266 e. The lowest BCUT2D eigenvalue weighted by Gasteiger charge is -2.20. The Balaban J connectivity index is 1.68. The van der Waals surface area contributed by atoms with Gasteiger partial charge in [-0.05, 0) is 31.0 Å². The Bertz CT molecular complexity index is 942. The molecule has 2 aliphatic rings. The average Bonchev–Trinajstić information content (AvgIpc) is 2.96. The van der Waals surface area contributed by atoms with E-state index in [0.29, 0.717) is 17.1 Å². The molecule has 3 amide bonds. The predicted molar refractivity (Wildman–Crippen MR) is 97.9 cm³/mol. The predicted octanol–water partition coefficient (Wildman–Crippen LogP) is 1.27. The molecule has 0 spiro atoms. The molecule has 0 radical (unpaired) electrons. The second-order valence-corrected chi connectivity index (χ2v) is 9.05. The van der Waals surface area contributed by atoms with Crippen LogP contribution in [0.25, 0.3) is 0 Å². The Morgan fingerprint density at radius 3 is 2.39 bits per heavy atom. The molecule has 8 nitrogen and oxygen atoms in total. The number of fused-ring (bicyclic) bond motifs is 1. The van der Waals surface area contributed by atoms with Crippen molar-refractivity contribution in [3.05, 3.63) is 29.8 Å². The summed E-state index contributed by atoms with van der Waals surface area (Å²) in [5.74, 6) is -1.83. The fourth-order valence-electron chi connectivity index (χ4n) is 3.83. The number of benzene rings is 1. The molecule has 1 aliphatic heterocycles.